The van der Waals surface area contributed by atoms with Crippen LogP contribution < -0.4 is 16.4 Å². The van der Waals surface area contributed by atoms with Crippen molar-refractivity contribution in [2.24, 2.45) is 5.73 Å². The molecule has 1 aromatic rings. The molecule has 0 spiro atoms. The van der Waals surface area contributed by atoms with Crippen LogP contribution in [0.25, 0.3) is 0 Å². The van der Waals surface area contributed by atoms with Crippen molar-refractivity contribution >= 4 is 29.0 Å². The first-order valence-corrected chi connectivity index (χ1v) is 5.80. The van der Waals surface area contributed by atoms with Gasteiger partial charge < -0.3 is 16.4 Å². The summed E-state index contributed by atoms with van der Waals surface area (Å²) in [7, 11) is 0. The number of amides is 2. The second-order valence-electron chi connectivity index (χ2n) is 3.76. The quantitative estimate of drug-likeness (QED) is 0.529. The van der Waals surface area contributed by atoms with E-state index in [0.29, 0.717) is 6.54 Å². The van der Waals surface area contributed by atoms with Crippen molar-refractivity contribution in [1.82, 2.24) is 10.6 Å². The average molecular weight is 265 g/mol. The van der Waals surface area contributed by atoms with Gasteiger partial charge in [0.2, 0.25) is 0 Å². The molecule has 0 bridgehead atoms. The molecular formula is C12H15N3O2S. The van der Waals surface area contributed by atoms with Crippen molar-refractivity contribution in [3.63, 3.8) is 0 Å². The van der Waals surface area contributed by atoms with E-state index in [1.807, 2.05) is 31.2 Å². The van der Waals surface area contributed by atoms with E-state index in [-0.39, 0.29) is 11.5 Å². The summed E-state index contributed by atoms with van der Waals surface area (Å²) in [5.41, 5.74) is 7.23. The van der Waals surface area contributed by atoms with Gasteiger partial charge in [-0.15, -0.1) is 0 Å². The van der Waals surface area contributed by atoms with Gasteiger partial charge in [0.1, 0.15) is 0 Å². The smallest absolute Gasteiger partial charge is 0.309 e. The van der Waals surface area contributed by atoms with Crippen LogP contribution in [0.2, 0.25) is 0 Å². The van der Waals surface area contributed by atoms with Crippen LogP contribution in [-0.2, 0) is 16.1 Å². The molecule has 0 fully saturated rings. The lowest BCUT2D eigenvalue weighted by molar-refractivity contribution is -0.139. The number of benzene rings is 1. The van der Waals surface area contributed by atoms with Gasteiger partial charge in [-0.2, -0.15) is 0 Å². The molecule has 0 aliphatic carbocycles. The molecule has 2 amide bonds. The van der Waals surface area contributed by atoms with Crippen molar-refractivity contribution < 1.29 is 9.59 Å². The van der Waals surface area contributed by atoms with Crippen LogP contribution in [0.4, 0.5) is 0 Å². The molecule has 5 nitrogen and oxygen atoms in total. The first kappa shape index (κ1) is 14.1. The summed E-state index contributed by atoms with van der Waals surface area (Å²) >= 11 is 4.59. The summed E-state index contributed by atoms with van der Waals surface area (Å²) < 4.78 is 0. The minimum absolute atomic E-state index is 0.0198. The zero-order valence-electron chi connectivity index (χ0n) is 10.0. The predicted octanol–water partition coefficient (Wildman–Crippen LogP) is 0.0135. The summed E-state index contributed by atoms with van der Waals surface area (Å²) in [5.74, 6) is -1.44. The van der Waals surface area contributed by atoms with Crippen LogP contribution in [0, 0.1) is 6.92 Å². The highest BCUT2D eigenvalue weighted by molar-refractivity contribution is 7.80. The van der Waals surface area contributed by atoms with E-state index < -0.39 is 11.8 Å². The molecular weight excluding hydrogens is 250 g/mol. The second kappa shape index (κ2) is 6.70. The molecule has 4 N–H and O–H groups in total. The van der Waals surface area contributed by atoms with Gasteiger partial charge in [-0.05, 0) is 18.1 Å². The maximum atomic E-state index is 11.4. The van der Waals surface area contributed by atoms with Crippen molar-refractivity contribution in [3.05, 3.63) is 35.4 Å². The number of rotatable bonds is 4. The molecule has 6 heteroatoms. The van der Waals surface area contributed by atoms with Crippen molar-refractivity contribution in [3.8, 4) is 0 Å². The monoisotopic (exact) mass is 265 g/mol. The molecule has 0 unspecified atom stereocenters. The van der Waals surface area contributed by atoms with Crippen molar-refractivity contribution in [2.75, 3.05) is 6.54 Å². The number of hydrogen-bond donors (Lipinski definition) is 3. The molecule has 0 aliphatic heterocycles. The third kappa shape index (κ3) is 4.50. The fraction of sp³-hybridized carbons (Fsp3) is 0.250. The lowest BCUT2D eigenvalue weighted by Crippen LogP contribution is -2.42. The molecule has 0 radical (unpaired) electrons. The zero-order chi connectivity index (χ0) is 13.5. The minimum Gasteiger partial charge on any atom is -0.392 e. The van der Waals surface area contributed by atoms with E-state index in [2.05, 4.69) is 22.9 Å². The van der Waals surface area contributed by atoms with Gasteiger partial charge in [-0.3, -0.25) is 9.59 Å². The van der Waals surface area contributed by atoms with E-state index >= 15 is 0 Å². The van der Waals surface area contributed by atoms with Gasteiger partial charge in [0.25, 0.3) is 0 Å². The molecule has 0 saturated carbocycles. The highest BCUT2D eigenvalue weighted by atomic mass is 32.1. The first-order chi connectivity index (χ1) is 8.50. The van der Waals surface area contributed by atoms with Gasteiger partial charge >= 0.3 is 11.8 Å². The largest absolute Gasteiger partial charge is 0.392 e. The number of thiocarbonyl (C=S) groups is 1. The van der Waals surface area contributed by atoms with Crippen LogP contribution in [0.1, 0.15) is 11.1 Å². The SMILES string of the molecule is Cc1ccccc1CNC(=O)C(=O)NCC(N)=S. The number of carbonyl (C=O) groups excluding carboxylic acids is 2. The van der Waals surface area contributed by atoms with Gasteiger partial charge in [0.15, 0.2) is 0 Å². The van der Waals surface area contributed by atoms with Gasteiger partial charge in [-0.25, -0.2) is 0 Å². The number of hydrogen-bond acceptors (Lipinski definition) is 3. The zero-order valence-corrected chi connectivity index (χ0v) is 10.8. The Hall–Kier alpha value is -1.95. The number of nitrogens with one attached hydrogen (secondary N) is 2. The fourth-order valence-electron chi connectivity index (χ4n) is 1.31. The Morgan fingerprint density at radius 1 is 1.22 bits per heavy atom. The maximum Gasteiger partial charge on any atom is 0.309 e. The Kier molecular flexibility index (Phi) is 5.26. The van der Waals surface area contributed by atoms with Crippen molar-refractivity contribution in [1.29, 1.82) is 0 Å². The third-order valence-corrected chi connectivity index (χ3v) is 2.47. The Morgan fingerprint density at radius 3 is 2.44 bits per heavy atom. The molecule has 96 valence electrons. The second-order valence-corrected chi connectivity index (χ2v) is 4.28. The molecule has 0 aromatic heterocycles. The molecule has 0 saturated heterocycles. The van der Waals surface area contributed by atoms with E-state index in [0.717, 1.165) is 11.1 Å². The van der Waals surface area contributed by atoms with Crippen molar-refractivity contribution in [2.45, 2.75) is 13.5 Å². The molecule has 18 heavy (non-hydrogen) atoms. The summed E-state index contributed by atoms with van der Waals surface area (Å²) in [5, 5.41) is 4.84. The molecule has 0 aliphatic rings. The summed E-state index contributed by atoms with van der Waals surface area (Å²) in [6.45, 7) is 2.27. The van der Waals surface area contributed by atoms with Crippen LogP contribution in [-0.4, -0.2) is 23.3 Å². The van der Waals surface area contributed by atoms with E-state index in [1.54, 1.807) is 0 Å². The fourth-order valence-corrected chi connectivity index (χ4v) is 1.38. The Morgan fingerprint density at radius 2 is 1.83 bits per heavy atom. The Balaban J connectivity index is 2.44. The average Bonchev–Trinajstić information content (AvgIpc) is 2.34. The Labute approximate surface area is 111 Å². The summed E-state index contributed by atoms with van der Waals surface area (Å²) in [4.78, 5) is 22.9. The van der Waals surface area contributed by atoms with Gasteiger partial charge in [-0.1, -0.05) is 36.5 Å². The van der Waals surface area contributed by atoms with E-state index in [1.165, 1.54) is 0 Å². The summed E-state index contributed by atoms with van der Waals surface area (Å²) in [6, 6.07) is 7.62. The molecule has 0 atom stereocenters. The standard InChI is InChI=1S/C12H15N3O2S/c1-8-4-2-3-5-9(8)6-14-11(16)12(17)15-7-10(13)18/h2-5H,6-7H2,1H3,(H2,13,18)(H,14,16)(H,15,17). The van der Waals surface area contributed by atoms with Gasteiger partial charge in [0.05, 0.1) is 11.5 Å². The van der Waals surface area contributed by atoms with Gasteiger partial charge in [0, 0.05) is 6.54 Å². The number of carbonyl (C=O) groups is 2. The highest BCUT2D eigenvalue weighted by Gasteiger charge is 2.12. The Bertz CT molecular complexity index is 474. The number of nitrogens with two attached hydrogens (primary N) is 1. The van der Waals surface area contributed by atoms with Crippen LogP contribution >= 0.6 is 12.2 Å². The third-order valence-electron chi connectivity index (χ3n) is 2.33. The topological polar surface area (TPSA) is 84.2 Å². The summed E-state index contributed by atoms with van der Waals surface area (Å²) in [6.07, 6.45) is 0. The van der Waals surface area contributed by atoms with E-state index in [9.17, 15) is 9.59 Å². The molecule has 1 aromatic carbocycles. The normalized spacial score (nSPS) is 9.61. The highest BCUT2D eigenvalue weighted by Crippen LogP contribution is 2.05. The molecule has 0 heterocycles. The maximum absolute atomic E-state index is 11.4. The number of aryl methyl sites for hydroxylation is 1. The minimum atomic E-state index is -0.739. The van der Waals surface area contributed by atoms with Crippen LogP contribution in [0.5, 0.6) is 0 Å². The van der Waals surface area contributed by atoms with Crippen LogP contribution in [0.3, 0.4) is 0 Å². The predicted molar refractivity (Wildman–Crippen MR) is 72.8 cm³/mol. The van der Waals surface area contributed by atoms with E-state index in [4.69, 9.17) is 5.73 Å². The lowest BCUT2D eigenvalue weighted by Gasteiger charge is -2.07. The first-order valence-electron chi connectivity index (χ1n) is 5.39. The van der Waals surface area contributed by atoms with Crippen LogP contribution in [0.15, 0.2) is 24.3 Å². The molecule has 1 rings (SSSR count). The lowest BCUT2D eigenvalue weighted by atomic mass is 10.1.